The molecule has 2 aliphatic heterocycles. The lowest BCUT2D eigenvalue weighted by molar-refractivity contribution is -0.114. The van der Waals surface area contributed by atoms with Crippen molar-refractivity contribution in [3.63, 3.8) is 0 Å². The van der Waals surface area contributed by atoms with Crippen LogP contribution < -0.4 is 19.5 Å². The normalized spacial score (nSPS) is 19.2. The van der Waals surface area contributed by atoms with Gasteiger partial charge in [0.15, 0.2) is 20.8 Å². The summed E-state index contributed by atoms with van der Waals surface area (Å²) in [5.41, 5.74) is 1.95. The van der Waals surface area contributed by atoms with Gasteiger partial charge in [-0.05, 0) is 69.0 Å². The lowest BCUT2D eigenvalue weighted by Gasteiger charge is -2.40. The molecule has 2 aromatic carbocycles. The van der Waals surface area contributed by atoms with Crippen LogP contribution >= 0.6 is 11.3 Å². The summed E-state index contributed by atoms with van der Waals surface area (Å²) >= 11 is 1.00. The maximum atomic E-state index is 13.6. The van der Waals surface area contributed by atoms with Gasteiger partial charge in [0.05, 0.1) is 31.5 Å². The van der Waals surface area contributed by atoms with Gasteiger partial charge in [0.1, 0.15) is 11.9 Å². The topological polar surface area (TPSA) is 134 Å². The summed E-state index contributed by atoms with van der Waals surface area (Å²) in [6, 6.07) is 15.3. The third-order valence-corrected chi connectivity index (χ3v) is 11.6. The van der Waals surface area contributed by atoms with E-state index >= 15 is 0 Å². The molecule has 3 unspecified atom stereocenters. The number of fused-ring (bicyclic) bond motifs is 2. The predicted octanol–water partition coefficient (Wildman–Crippen LogP) is 4.74. The lowest BCUT2D eigenvalue weighted by atomic mass is 10.0. The van der Waals surface area contributed by atoms with Gasteiger partial charge in [-0.2, -0.15) is 9.57 Å². The second-order valence-electron chi connectivity index (χ2n) is 11.0. The van der Waals surface area contributed by atoms with Crippen LogP contribution in [0.5, 0.6) is 17.2 Å². The molecule has 0 radical (unpaired) electrons. The van der Waals surface area contributed by atoms with Crippen LogP contribution in [-0.4, -0.2) is 74.5 Å². The number of aryl methyl sites for hydroxylation is 1. The summed E-state index contributed by atoms with van der Waals surface area (Å²) in [5, 5.41) is 12.1. The summed E-state index contributed by atoms with van der Waals surface area (Å²) in [5.74, 6) is 1.55. The number of nitriles is 1. The van der Waals surface area contributed by atoms with Crippen LogP contribution in [0, 0.1) is 18.3 Å². The van der Waals surface area contributed by atoms with E-state index in [0.717, 1.165) is 49.1 Å². The number of rotatable bonds is 12. The highest BCUT2D eigenvalue weighted by atomic mass is 32.2. The number of amides is 1. The molecule has 11 nitrogen and oxygen atoms in total. The molecule has 2 bridgehead atoms. The molecule has 3 heterocycles. The van der Waals surface area contributed by atoms with Gasteiger partial charge in [-0.3, -0.25) is 9.69 Å². The molecular formula is C31H37N5O6S2. The summed E-state index contributed by atoms with van der Waals surface area (Å²) in [6.07, 6.45) is 3.19. The summed E-state index contributed by atoms with van der Waals surface area (Å²) in [7, 11) is -0.557. The monoisotopic (exact) mass is 639 g/mol. The van der Waals surface area contributed by atoms with Crippen LogP contribution in [0.1, 0.15) is 55.5 Å². The first-order chi connectivity index (χ1) is 21.1. The number of carbonyl (C=O) groups is 1. The fraction of sp³-hybridized carbons (Fsp3) is 0.452. The van der Waals surface area contributed by atoms with Gasteiger partial charge in [0.25, 0.3) is 10.0 Å². The summed E-state index contributed by atoms with van der Waals surface area (Å²) < 4.78 is 46.3. The molecule has 1 amide bonds. The number of nitrogens with one attached hydrogen (secondary N) is 1. The van der Waals surface area contributed by atoms with Crippen molar-refractivity contribution in [2.24, 2.45) is 0 Å². The van der Waals surface area contributed by atoms with Crippen LogP contribution in [0.3, 0.4) is 0 Å². The van der Waals surface area contributed by atoms with Gasteiger partial charge in [-0.1, -0.05) is 23.5 Å². The molecule has 2 saturated heterocycles. The number of piperazine rings is 1. The largest absolute Gasteiger partial charge is 0.493 e. The third-order valence-electron chi connectivity index (χ3n) is 8.14. The number of ether oxygens (including phenoxy) is 3. The number of carbonyl (C=O) groups excluding carboxylic acids is 1. The molecule has 2 fully saturated rings. The van der Waals surface area contributed by atoms with Gasteiger partial charge >= 0.3 is 0 Å². The quantitative estimate of drug-likeness (QED) is 0.298. The summed E-state index contributed by atoms with van der Waals surface area (Å²) in [4.78, 5) is 18.1. The Morgan fingerprint density at radius 3 is 2.41 bits per heavy atom. The molecule has 2 aliphatic rings. The molecule has 0 saturated carbocycles. The van der Waals surface area contributed by atoms with Crippen molar-refractivity contribution in [3.8, 4) is 23.3 Å². The smallest absolute Gasteiger partial charge is 0.254 e. The molecule has 1 aromatic heterocycles. The maximum absolute atomic E-state index is 13.6. The minimum absolute atomic E-state index is 0.131. The minimum atomic E-state index is -3.73. The first kappa shape index (κ1) is 31.7. The third kappa shape index (κ3) is 6.83. The van der Waals surface area contributed by atoms with Crippen LogP contribution in [-0.2, 0) is 14.8 Å². The van der Waals surface area contributed by atoms with E-state index in [1.807, 2.05) is 24.3 Å². The predicted molar refractivity (Wildman–Crippen MR) is 167 cm³/mol. The van der Waals surface area contributed by atoms with Crippen molar-refractivity contribution in [2.75, 3.05) is 39.2 Å². The number of anilines is 1. The fourth-order valence-electron chi connectivity index (χ4n) is 6.04. The molecule has 3 atom stereocenters. The van der Waals surface area contributed by atoms with E-state index in [1.165, 1.54) is 6.92 Å². The molecule has 0 aliphatic carbocycles. The number of benzene rings is 2. The standard InChI is InChI=1S/C31H37N5O6S2/c1-20-30(43-31(33-20)34-21(2)37)44(38,39)35-18-24-11-12-25(19-35)36(24)15-5-6-27(23-9-7-22(17-32)8-10-23)42-26-13-14-28(40-3)29(16-26)41-4/h7-10,13-14,16,24-25,27H,5-6,11-12,15,18-19H2,1-4H3,(H,33,34,37). The molecule has 0 spiro atoms. The number of hydrogen-bond donors (Lipinski definition) is 1. The van der Waals surface area contributed by atoms with E-state index in [-0.39, 0.29) is 28.3 Å². The molecule has 5 rings (SSSR count). The molecule has 3 aromatic rings. The first-order valence-corrected chi connectivity index (χ1v) is 16.8. The number of hydrogen-bond acceptors (Lipinski definition) is 10. The Balaban J connectivity index is 1.26. The van der Waals surface area contributed by atoms with Crippen molar-refractivity contribution in [1.29, 1.82) is 5.26 Å². The highest BCUT2D eigenvalue weighted by molar-refractivity contribution is 7.91. The molecule has 1 N–H and O–H groups in total. The zero-order valence-electron chi connectivity index (χ0n) is 25.3. The first-order valence-electron chi connectivity index (χ1n) is 14.5. The lowest BCUT2D eigenvalue weighted by Crippen LogP contribution is -2.55. The number of aromatic nitrogens is 1. The van der Waals surface area contributed by atoms with E-state index < -0.39 is 10.0 Å². The van der Waals surface area contributed by atoms with Crippen molar-refractivity contribution in [1.82, 2.24) is 14.2 Å². The zero-order chi connectivity index (χ0) is 31.4. The van der Waals surface area contributed by atoms with Crippen LogP contribution in [0.4, 0.5) is 5.13 Å². The molecule has 13 heteroatoms. The second-order valence-corrected chi connectivity index (χ2v) is 14.1. The molecule has 234 valence electrons. The Morgan fingerprint density at radius 2 is 1.80 bits per heavy atom. The van der Waals surface area contributed by atoms with Crippen LogP contribution in [0.15, 0.2) is 46.7 Å². The Bertz CT molecular complexity index is 1620. The van der Waals surface area contributed by atoms with E-state index in [1.54, 1.807) is 43.6 Å². The average Bonchev–Trinajstić information content (AvgIpc) is 3.49. The zero-order valence-corrected chi connectivity index (χ0v) is 26.9. The second kappa shape index (κ2) is 13.5. The van der Waals surface area contributed by atoms with Gasteiger partial charge in [-0.25, -0.2) is 13.4 Å². The van der Waals surface area contributed by atoms with Crippen LogP contribution in [0.25, 0.3) is 0 Å². The Kier molecular flexibility index (Phi) is 9.75. The fourth-order valence-corrected chi connectivity index (χ4v) is 9.15. The number of methoxy groups -OCH3 is 2. The van der Waals surface area contributed by atoms with Gasteiger partial charge in [0.2, 0.25) is 5.91 Å². The molecular weight excluding hydrogens is 603 g/mol. The highest BCUT2D eigenvalue weighted by Crippen LogP contribution is 2.38. The van der Waals surface area contributed by atoms with E-state index in [4.69, 9.17) is 14.2 Å². The number of nitrogens with zero attached hydrogens (tertiary/aromatic N) is 4. The van der Waals surface area contributed by atoms with Gasteiger partial charge in [-0.15, -0.1) is 0 Å². The number of sulfonamides is 1. The van der Waals surface area contributed by atoms with Crippen molar-refractivity contribution >= 4 is 32.4 Å². The van der Waals surface area contributed by atoms with Crippen molar-refractivity contribution in [2.45, 2.75) is 61.9 Å². The number of thiazole rings is 1. The Morgan fingerprint density at radius 1 is 1.11 bits per heavy atom. The Hall–Kier alpha value is -3.70. The van der Waals surface area contributed by atoms with Crippen molar-refractivity contribution in [3.05, 3.63) is 59.3 Å². The SMILES string of the molecule is COc1ccc(OC(CCCN2C3CCC2CN(S(=O)(=O)c2sc(NC(C)=O)nc2C)C3)c2ccc(C#N)cc2)cc1OC. The van der Waals surface area contributed by atoms with E-state index in [9.17, 15) is 18.5 Å². The van der Waals surface area contributed by atoms with E-state index in [2.05, 4.69) is 21.3 Å². The minimum Gasteiger partial charge on any atom is -0.493 e. The average molecular weight is 640 g/mol. The van der Waals surface area contributed by atoms with Gasteiger partial charge < -0.3 is 19.5 Å². The molecule has 44 heavy (non-hydrogen) atoms. The van der Waals surface area contributed by atoms with Crippen LogP contribution in [0.2, 0.25) is 0 Å². The Labute approximate surface area is 262 Å². The van der Waals surface area contributed by atoms with Gasteiger partial charge in [0, 0.05) is 38.2 Å². The maximum Gasteiger partial charge on any atom is 0.254 e. The van der Waals surface area contributed by atoms with Crippen molar-refractivity contribution < 1.29 is 27.4 Å². The van der Waals surface area contributed by atoms with E-state index in [0.29, 0.717) is 46.7 Å². The highest BCUT2D eigenvalue weighted by Gasteiger charge is 2.44. The summed E-state index contributed by atoms with van der Waals surface area (Å²) in [6.45, 7) is 4.70.